The van der Waals surface area contributed by atoms with E-state index in [1.165, 1.54) is 7.11 Å². The molecule has 5 heteroatoms. The molecule has 12 heavy (non-hydrogen) atoms. The van der Waals surface area contributed by atoms with Crippen LogP contribution >= 0.6 is 0 Å². The normalized spacial score (nSPS) is 43.0. The highest BCUT2D eigenvalue weighted by atomic mass is 16.7. The van der Waals surface area contributed by atoms with Crippen LogP contribution in [-0.4, -0.2) is 53.6 Å². The molecule has 0 amide bonds. The van der Waals surface area contributed by atoms with Crippen LogP contribution in [0.25, 0.3) is 0 Å². The number of methoxy groups -OCH3 is 1. The predicted octanol–water partition coefficient (Wildman–Crippen LogP) is -1.54. The van der Waals surface area contributed by atoms with Crippen LogP contribution in [0, 0.1) is 0 Å². The second-order valence-corrected chi connectivity index (χ2v) is 2.84. The summed E-state index contributed by atoms with van der Waals surface area (Å²) in [6.45, 7) is -0.177. The number of hydrogen-bond donors (Lipinski definition) is 3. The molecule has 5 nitrogen and oxygen atoms in total. The van der Waals surface area contributed by atoms with Crippen molar-refractivity contribution in [2.24, 2.45) is 0 Å². The lowest BCUT2D eigenvalue weighted by molar-refractivity contribution is -0.262. The van der Waals surface area contributed by atoms with Crippen molar-refractivity contribution in [2.75, 3.05) is 13.7 Å². The van der Waals surface area contributed by atoms with Crippen LogP contribution in [0.5, 0.6) is 0 Å². The molecule has 1 heterocycles. The Labute approximate surface area is 70.5 Å². The van der Waals surface area contributed by atoms with Crippen molar-refractivity contribution < 1.29 is 24.8 Å². The van der Waals surface area contributed by atoms with Crippen LogP contribution in [0.1, 0.15) is 6.42 Å². The Morgan fingerprint density at radius 3 is 2.67 bits per heavy atom. The van der Waals surface area contributed by atoms with Crippen molar-refractivity contribution in [2.45, 2.75) is 31.0 Å². The van der Waals surface area contributed by atoms with Gasteiger partial charge in [-0.25, -0.2) is 0 Å². The zero-order valence-corrected chi connectivity index (χ0v) is 6.88. The molecule has 1 aliphatic rings. The Kier molecular flexibility index (Phi) is 3.42. The Morgan fingerprint density at radius 2 is 2.17 bits per heavy atom. The Morgan fingerprint density at radius 1 is 1.50 bits per heavy atom. The first-order valence-electron chi connectivity index (χ1n) is 3.84. The van der Waals surface area contributed by atoms with Crippen molar-refractivity contribution in [3.63, 3.8) is 0 Å². The summed E-state index contributed by atoms with van der Waals surface area (Å²) in [6.07, 6.45) is -2.98. The van der Waals surface area contributed by atoms with Gasteiger partial charge in [0, 0.05) is 13.5 Å². The molecule has 72 valence electrons. The molecule has 0 bridgehead atoms. The van der Waals surface area contributed by atoms with Gasteiger partial charge in [-0.15, -0.1) is 0 Å². The maximum Gasteiger partial charge on any atom is 0.186 e. The smallest absolute Gasteiger partial charge is 0.186 e. The van der Waals surface area contributed by atoms with E-state index in [9.17, 15) is 10.2 Å². The molecule has 0 saturated carbocycles. The van der Waals surface area contributed by atoms with Crippen LogP contribution < -0.4 is 0 Å². The maximum atomic E-state index is 9.27. The second kappa shape index (κ2) is 4.15. The van der Waals surface area contributed by atoms with Crippen LogP contribution in [0.2, 0.25) is 0 Å². The molecule has 1 aliphatic heterocycles. The summed E-state index contributed by atoms with van der Waals surface area (Å²) < 4.78 is 9.85. The van der Waals surface area contributed by atoms with Gasteiger partial charge < -0.3 is 24.8 Å². The first-order chi connectivity index (χ1) is 5.69. The molecular formula is C7H14O5. The van der Waals surface area contributed by atoms with Gasteiger partial charge in [-0.3, -0.25) is 0 Å². The van der Waals surface area contributed by atoms with Gasteiger partial charge in [0.2, 0.25) is 0 Å². The minimum Gasteiger partial charge on any atom is -0.394 e. The van der Waals surface area contributed by atoms with E-state index in [0.717, 1.165) is 0 Å². The summed E-state index contributed by atoms with van der Waals surface area (Å²) in [7, 11) is 1.38. The lowest BCUT2D eigenvalue weighted by Crippen LogP contribution is -2.49. The molecule has 0 aliphatic carbocycles. The number of aliphatic hydroxyl groups is 3. The van der Waals surface area contributed by atoms with Gasteiger partial charge in [-0.1, -0.05) is 0 Å². The van der Waals surface area contributed by atoms with Crippen molar-refractivity contribution >= 4 is 0 Å². The first-order valence-corrected chi connectivity index (χ1v) is 3.84. The summed E-state index contributed by atoms with van der Waals surface area (Å²) >= 11 is 0. The van der Waals surface area contributed by atoms with E-state index < -0.39 is 24.6 Å². The van der Waals surface area contributed by atoms with E-state index in [-0.39, 0.29) is 13.0 Å². The third kappa shape index (κ3) is 1.94. The molecule has 3 unspecified atom stereocenters. The van der Waals surface area contributed by atoms with Gasteiger partial charge >= 0.3 is 0 Å². The fraction of sp³-hybridized carbons (Fsp3) is 1.00. The number of rotatable bonds is 2. The fourth-order valence-electron chi connectivity index (χ4n) is 1.23. The summed E-state index contributed by atoms with van der Waals surface area (Å²) in [5, 5.41) is 27.3. The van der Waals surface area contributed by atoms with Gasteiger partial charge in [0.25, 0.3) is 0 Å². The zero-order valence-electron chi connectivity index (χ0n) is 6.88. The lowest BCUT2D eigenvalue weighted by atomic mass is 10.0. The molecule has 4 atom stereocenters. The van der Waals surface area contributed by atoms with Gasteiger partial charge in [-0.2, -0.15) is 0 Å². The average Bonchev–Trinajstić information content (AvgIpc) is 2.09. The molecule has 0 radical (unpaired) electrons. The van der Waals surface area contributed by atoms with E-state index in [1.54, 1.807) is 0 Å². The SMILES string of the molecule is CO[C@H]1OC(CO)CC(O)C1O. The van der Waals surface area contributed by atoms with Crippen LogP contribution in [-0.2, 0) is 9.47 Å². The fourth-order valence-corrected chi connectivity index (χ4v) is 1.23. The Balaban J connectivity index is 2.52. The summed E-state index contributed by atoms with van der Waals surface area (Å²) in [4.78, 5) is 0. The quantitative estimate of drug-likeness (QED) is 0.477. The molecule has 1 fully saturated rings. The van der Waals surface area contributed by atoms with E-state index in [2.05, 4.69) is 0 Å². The summed E-state index contributed by atoms with van der Waals surface area (Å²) in [5.74, 6) is 0. The lowest BCUT2D eigenvalue weighted by Gasteiger charge is -2.35. The number of aliphatic hydroxyl groups excluding tert-OH is 3. The Hall–Kier alpha value is -0.200. The minimum absolute atomic E-state index is 0.177. The zero-order chi connectivity index (χ0) is 9.14. The van der Waals surface area contributed by atoms with E-state index in [1.807, 2.05) is 0 Å². The molecule has 3 N–H and O–H groups in total. The van der Waals surface area contributed by atoms with Gasteiger partial charge in [0.05, 0.1) is 18.8 Å². The highest BCUT2D eigenvalue weighted by Crippen LogP contribution is 2.20. The largest absolute Gasteiger partial charge is 0.394 e. The molecule has 1 saturated heterocycles. The maximum absolute atomic E-state index is 9.27. The number of hydrogen-bond acceptors (Lipinski definition) is 5. The molecule has 0 spiro atoms. The monoisotopic (exact) mass is 178 g/mol. The van der Waals surface area contributed by atoms with Gasteiger partial charge in [0.15, 0.2) is 6.29 Å². The van der Waals surface area contributed by atoms with Crippen LogP contribution in [0.15, 0.2) is 0 Å². The number of ether oxygens (including phenoxy) is 2. The Bertz CT molecular complexity index is 140. The van der Waals surface area contributed by atoms with Crippen molar-refractivity contribution in [3.05, 3.63) is 0 Å². The minimum atomic E-state index is -1.03. The molecule has 0 aromatic rings. The van der Waals surface area contributed by atoms with E-state index in [4.69, 9.17) is 14.6 Å². The topological polar surface area (TPSA) is 79.2 Å². The standard InChI is InChI=1S/C7H14O5/c1-11-7-6(10)5(9)2-4(3-8)12-7/h4-10H,2-3H2,1H3/t4?,5?,6?,7-/m0/s1. The van der Waals surface area contributed by atoms with E-state index >= 15 is 0 Å². The summed E-state index contributed by atoms with van der Waals surface area (Å²) in [6, 6.07) is 0. The highest BCUT2D eigenvalue weighted by molar-refractivity contribution is 4.80. The molecule has 1 rings (SSSR count). The van der Waals surface area contributed by atoms with Crippen molar-refractivity contribution in [1.82, 2.24) is 0 Å². The van der Waals surface area contributed by atoms with Gasteiger partial charge in [0.1, 0.15) is 6.10 Å². The van der Waals surface area contributed by atoms with Crippen LogP contribution in [0.4, 0.5) is 0 Å². The summed E-state index contributed by atoms with van der Waals surface area (Å²) in [5.41, 5.74) is 0. The molecular weight excluding hydrogens is 164 g/mol. The predicted molar refractivity (Wildman–Crippen MR) is 39.4 cm³/mol. The van der Waals surface area contributed by atoms with Gasteiger partial charge in [-0.05, 0) is 0 Å². The van der Waals surface area contributed by atoms with E-state index in [0.29, 0.717) is 0 Å². The third-order valence-corrected chi connectivity index (χ3v) is 1.94. The van der Waals surface area contributed by atoms with Crippen LogP contribution in [0.3, 0.4) is 0 Å². The third-order valence-electron chi connectivity index (χ3n) is 1.94. The average molecular weight is 178 g/mol. The van der Waals surface area contributed by atoms with Crippen molar-refractivity contribution in [3.8, 4) is 0 Å². The van der Waals surface area contributed by atoms with Crippen molar-refractivity contribution in [1.29, 1.82) is 0 Å². The first kappa shape index (κ1) is 9.88. The molecule has 0 aromatic heterocycles. The highest BCUT2D eigenvalue weighted by Gasteiger charge is 2.36. The molecule has 0 aromatic carbocycles. The second-order valence-electron chi connectivity index (χ2n) is 2.84.